The maximum absolute atomic E-state index is 12.3. The van der Waals surface area contributed by atoms with Crippen LogP contribution in [0.3, 0.4) is 0 Å². The molecule has 1 amide bonds. The molecule has 1 aromatic heterocycles. The Labute approximate surface area is 198 Å². The van der Waals surface area contributed by atoms with E-state index in [9.17, 15) is 25.0 Å². The summed E-state index contributed by atoms with van der Waals surface area (Å²) in [5.41, 5.74) is 4.76. The summed E-state index contributed by atoms with van der Waals surface area (Å²) in [4.78, 5) is 41.4. The number of non-ortho nitro benzene ring substituents is 1. The van der Waals surface area contributed by atoms with E-state index >= 15 is 0 Å². The van der Waals surface area contributed by atoms with Gasteiger partial charge in [0.25, 0.3) is 11.6 Å². The van der Waals surface area contributed by atoms with Crippen LogP contribution >= 0.6 is 0 Å². The first kappa shape index (κ1) is 24.6. The van der Waals surface area contributed by atoms with Crippen molar-refractivity contribution in [2.75, 3.05) is 31.5 Å². The Hall–Kier alpha value is -5.01. The van der Waals surface area contributed by atoms with Gasteiger partial charge in [-0.05, 0) is 30.2 Å². The summed E-state index contributed by atoms with van der Waals surface area (Å²) in [7, 11) is 3.06. The van der Waals surface area contributed by atoms with Crippen molar-refractivity contribution in [3.05, 3.63) is 80.1 Å². The van der Waals surface area contributed by atoms with Gasteiger partial charge in [0, 0.05) is 24.2 Å². The molecule has 1 heterocycles. The fourth-order valence-corrected chi connectivity index (χ4v) is 3.08. The van der Waals surface area contributed by atoms with E-state index in [4.69, 9.17) is 9.47 Å². The Morgan fingerprint density at radius 1 is 0.971 bits per heavy atom. The van der Waals surface area contributed by atoms with Gasteiger partial charge >= 0.3 is 5.69 Å². The zero-order valence-electron chi connectivity index (χ0n) is 18.7. The predicted octanol–water partition coefficient (Wildman–Crippen LogP) is 2.72. The zero-order chi connectivity index (χ0) is 25.4. The molecule has 0 bridgehead atoms. The third kappa shape index (κ3) is 6.07. The quantitative estimate of drug-likeness (QED) is 0.269. The van der Waals surface area contributed by atoms with E-state index in [2.05, 4.69) is 26.1 Å². The molecular formula is C21H21N7O7. The van der Waals surface area contributed by atoms with Crippen LogP contribution in [-0.4, -0.2) is 46.5 Å². The zero-order valence-corrected chi connectivity index (χ0v) is 18.7. The van der Waals surface area contributed by atoms with Crippen LogP contribution < -0.4 is 25.6 Å². The number of anilines is 2. The fraction of sp³-hybridized carbons (Fsp3) is 0.190. The molecule has 2 aromatic carbocycles. The van der Waals surface area contributed by atoms with Gasteiger partial charge in [-0.1, -0.05) is 12.1 Å². The van der Waals surface area contributed by atoms with E-state index in [0.717, 1.165) is 18.0 Å². The number of ether oxygens (including phenoxy) is 2. The lowest BCUT2D eigenvalue weighted by Crippen LogP contribution is -2.30. The molecule has 0 saturated carbocycles. The smallest absolute Gasteiger partial charge is 0.354 e. The first-order chi connectivity index (χ1) is 16.8. The van der Waals surface area contributed by atoms with Crippen molar-refractivity contribution in [3.63, 3.8) is 0 Å². The highest BCUT2D eigenvalue weighted by Crippen LogP contribution is 2.29. The number of hydrogen-bond acceptors (Lipinski definition) is 11. The van der Waals surface area contributed by atoms with E-state index in [1.54, 1.807) is 12.1 Å². The summed E-state index contributed by atoms with van der Waals surface area (Å²) >= 11 is 0. The molecule has 182 valence electrons. The molecule has 14 nitrogen and oxygen atoms in total. The molecule has 3 rings (SSSR count). The first-order valence-electron chi connectivity index (χ1n) is 10.1. The second kappa shape index (κ2) is 11.2. The molecule has 0 spiro atoms. The molecule has 0 atom stereocenters. The molecule has 14 heteroatoms. The van der Waals surface area contributed by atoms with Gasteiger partial charge in [0.2, 0.25) is 11.6 Å². The van der Waals surface area contributed by atoms with Crippen molar-refractivity contribution in [2.45, 2.75) is 6.42 Å². The van der Waals surface area contributed by atoms with Crippen molar-refractivity contribution in [1.29, 1.82) is 0 Å². The van der Waals surface area contributed by atoms with E-state index in [0.29, 0.717) is 24.5 Å². The average molecular weight is 483 g/mol. The summed E-state index contributed by atoms with van der Waals surface area (Å²) in [5.74, 6) is 0.0713. The predicted molar refractivity (Wildman–Crippen MR) is 125 cm³/mol. The molecule has 0 unspecified atom stereocenters. The van der Waals surface area contributed by atoms with Crippen molar-refractivity contribution >= 4 is 28.9 Å². The molecular weight excluding hydrogens is 462 g/mol. The van der Waals surface area contributed by atoms with E-state index in [1.165, 1.54) is 32.4 Å². The topological polar surface area (TPSA) is 184 Å². The number of carbonyl (C=O) groups excluding carboxylic acids is 1. The summed E-state index contributed by atoms with van der Waals surface area (Å²) in [5, 5.41) is 25.5. The monoisotopic (exact) mass is 483 g/mol. The van der Waals surface area contributed by atoms with Crippen LogP contribution in [0.15, 0.2) is 48.8 Å². The largest absolute Gasteiger partial charge is 0.493 e. The fourth-order valence-electron chi connectivity index (χ4n) is 3.08. The van der Waals surface area contributed by atoms with Gasteiger partial charge in [-0.3, -0.25) is 35.9 Å². The molecule has 0 aliphatic rings. The number of nitrogens with one attached hydrogen (secondary N) is 3. The summed E-state index contributed by atoms with van der Waals surface area (Å²) in [6, 6.07) is 10.4. The lowest BCUT2D eigenvalue weighted by atomic mass is 10.1. The average Bonchev–Trinajstić information content (AvgIpc) is 2.87. The van der Waals surface area contributed by atoms with Crippen LogP contribution in [0.1, 0.15) is 15.9 Å². The molecule has 35 heavy (non-hydrogen) atoms. The molecule has 3 N–H and O–H groups in total. The molecule has 3 aromatic rings. The van der Waals surface area contributed by atoms with Crippen LogP contribution in [0, 0.1) is 20.2 Å². The third-order valence-electron chi connectivity index (χ3n) is 4.77. The highest BCUT2D eigenvalue weighted by atomic mass is 16.6. The SMILES string of the molecule is COc1ccc(CCNc2ncnc(NNC(=O)c3cccc([N+](=O)[O-])c3)c2[N+](=O)[O-])cc1OC. The Bertz CT molecular complexity index is 1250. The van der Waals surface area contributed by atoms with E-state index in [1.807, 2.05) is 6.07 Å². The van der Waals surface area contributed by atoms with Gasteiger partial charge in [-0.15, -0.1) is 0 Å². The molecule has 0 aliphatic carbocycles. The minimum Gasteiger partial charge on any atom is -0.493 e. The Balaban J connectivity index is 1.69. The standard InChI is InChI=1S/C21H21N7O7/c1-34-16-7-6-13(10-17(16)35-2)8-9-22-19-18(28(32)33)20(24-12-23-19)25-26-21(29)14-4-3-5-15(11-14)27(30)31/h3-7,10-12H,8-9H2,1-2H3,(H,26,29)(H2,22,23,24,25). The van der Waals surface area contributed by atoms with Crippen LogP contribution in [-0.2, 0) is 6.42 Å². The van der Waals surface area contributed by atoms with Crippen LogP contribution in [0.4, 0.5) is 23.0 Å². The lowest BCUT2D eigenvalue weighted by molar-refractivity contribution is -0.384. The number of aromatic nitrogens is 2. The number of nitro benzene ring substituents is 1. The van der Waals surface area contributed by atoms with E-state index < -0.39 is 21.4 Å². The van der Waals surface area contributed by atoms with Gasteiger partial charge in [-0.2, -0.15) is 0 Å². The molecule has 0 aliphatic heterocycles. The van der Waals surface area contributed by atoms with Gasteiger partial charge in [0.1, 0.15) is 6.33 Å². The number of nitro groups is 2. The molecule has 0 radical (unpaired) electrons. The highest BCUT2D eigenvalue weighted by Gasteiger charge is 2.23. The van der Waals surface area contributed by atoms with Crippen molar-refractivity contribution < 1.29 is 24.1 Å². The minimum atomic E-state index is -0.746. The Morgan fingerprint density at radius 3 is 2.40 bits per heavy atom. The number of benzene rings is 2. The van der Waals surface area contributed by atoms with Crippen molar-refractivity contribution in [1.82, 2.24) is 15.4 Å². The first-order valence-corrected chi connectivity index (χ1v) is 10.1. The number of nitrogens with zero attached hydrogens (tertiary/aromatic N) is 4. The van der Waals surface area contributed by atoms with Crippen molar-refractivity contribution in [2.24, 2.45) is 0 Å². The summed E-state index contributed by atoms with van der Waals surface area (Å²) in [6.45, 7) is 0.298. The number of amides is 1. The highest BCUT2D eigenvalue weighted by molar-refractivity contribution is 5.95. The summed E-state index contributed by atoms with van der Waals surface area (Å²) in [6.07, 6.45) is 1.58. The lowest BCUT2D eigenvalue weighted by Gasteiger charge is -2.12. The number of hydrazine groups is 1. The second-order valence-corrected chi connectivity index (χ2v) is 6.93. The van der Waals surface area contributed by atoms with E-state index in [-0.39, 0.29) is 22.9 Å². The maximum atomic E-state index is 12.3. The maximum Gasteiger partial charge on any atom is 0.354 e. The van der Waals surface area contributed by atoms with Crippen LogP contribution in [0.5, 0.6) is 11.5 Å². The van der Waals surface area contributed by atoms with Gasteiger partial charge in [-0.25, -0.2) is 9.97 Å². The van der Waals surface area contributed by atoms with Crippen LogP contribution in [0.25, 0.3) is 0 Å². The van der Waals surface area contributed by atoms with Crippen LogP contribution in [0.2, 0.25) is 0 Å². The molecule has 0 saturated heterocycles. The summed E-state index contributed by atoms with van der Waals surface area (Å²) < 4.78 is 10.5. The Morgan fingerprint density at radius 2 is 1.71 bits per heavy atom. The normalized spacial score (nSPS) is 10.2. The number of hydrogen-bond donors (Lipinski definition) is 3. The Kier molecular flexibility index (Phi) is 7.90. The minimum absolute atomic E-state index is 0.0170. The van der Waals surface area contributed by atoms with Gasteiger partial charge in [0.05, 0.1) is 24.1 Å². The molecule has 0 fully saturated rings. The number of methoxy groups -OCH3 is 2. The second-order valence-electron chi connectivity index (χ2n) is 6.93. The van der Waals surface area contributed by atoms with Crippen molar-refractivity contribution in [3.8, 4) is 11.5 Å². The van der Waals surface area contributed by atoms with Gasteiger partial charge < -0.3 is 14.8 Å². The number of carbonyl (C=O) groups is 1. The van der Waals surface area contributed by atoms with Gasteiger partial charge in [0.15, 0.2) is 11.5 Å². The third-order valence-corrected chi connectivity index (χ3v) is 4.77. The number of rotatable bonds is 11.